The van der Waals surface area contributed by atoms with Crippen molar-refractivity contribution in [2.75, 3.05) is 0 Å². The van der Waals surface area contributed by atoms with Crippen molar-refractivity contribution in [3.05, 3.63) is 87.8 Å². The molecule has 5 N–H and O–H groups in total. The monoisotopic (exact) mass is 604 g/mol. The summed E-state index contributed by atoms with van der Waals surface area (Å²) < 4.78 is 32.5. The molecule has 3 rings (SSSR count). The molecule has 3 aromatic rings. The quantitative estimate of drug-likeness (QED) is 0.0613. The number of phenols is 1. The number of rotatable bonds is 8. The van der Waals surface area contributed by atoms with Gasteiger partial charge >= 0.3 is 35.0 Å². The first kappa shape index (κ1) is 30.6. The minimum absolute atomic E-state index is 0. The van der Waals surface area contributed by atoms with Crippen LogP contribution in [0.1, 0.15) is 42.2 Å². The number of hydrogen-bond acceptors (Lipinski definition) is 8. The molecule has 0 aliphatic rings. The molecule has 3 aromatic carbocycles. The van der Waals surface area contributed by atoms with Crippen molar-refractivity contribution in [3.63, 3.8) is 0 Å². The molecule has 0 aliphatic carbocycles. The topological polar surface area (TPSA) is 238 Å². The average molecular weight is 605 g/mol. The maximum Gasteiger partial charge on any atom is 1.00 e. The Labute approximate surface area is 230 Å². The predicted octanol–water partition coefficient (Wildman–Crippen LogP) is 4.19. The van der Waals surface area contributed by atoms with E-state index in [1.54, 1.807) is 0 Å². The number of aryl methyl sites for hydroxylation is 1. The van der Waals surface area contributed by atoms with Gasteiger partial charge in [0.15, 0.2) is 5.84 Å². The van der Waals surface area contributed by atoms with Crippen molar-refractivity contribution in [3.8, 4) is 5.75 Å². The summed E-state index contributed by atoms with van der Waals surface area (Å²) in [5.74, 6) is -5.24. The van der Waals surface area contributed by atoms with E-state index < -0.39 is 61.4 Å². The zero-order valence-electron chi connectivity index (χ0n) is 19.5. The molecule has 0 saturated heterocycles. The van der Waals surface area contributed by atoms with E-state index in [4.69, 9.17) is 0 Å². The van der Waals surface area contributed by atoms with Crippen LogP contribution in [0.25, 0.3) is 5.43 Å². The number of azo groups is 1. The number of aromatic carboxylic acids is 3. The Hall–Kier alpha value is -4.63. The van der Waals surface area contributed by atoms with Gasteiger partial charge in [0.2, 0.25) is 0 Å². The predicted molar refractivity (Wildman–Crippen MR) is 130 cm³/mol. The molecular weight excluding hydrogens is 588 g/mol. The van der Waals surface area contributed by atoms with Crippen LogP contribution in [-0.2, 0) is 27.2 Å². The summed E-state index contributed by atoms with van der Waals surface area (Å²) >= 11 is 0. The summed E-state index contributed by atoms with van der Waals surface area (Å²) in [6.45, 7) is 1.33. The van der Waals surface area contributed by atoms with Gasteiger partial charge in [-0.3, -0.25) is 4.55 Å². The minimum atomic E-state index is -4.69. The third kappa shape index (κ3) is 7.23. The van der Waals surface area contributed by atoms with E-state index in [1.165, 1.54) is 31.2 Å². The van der Waals surface area contributed by atoms with Crippen molar-refractivity contribution >= 4 is 45.2 Å². The summed E-state index contributed by atoms with van der Waals surface area (Å²) in [6.07, 6.45) is 0. The number of carboxylic acid groups (broad SMARTS) is 3. The number of nitrogens with zero attached hydrogens (tertiary/aromatic N) is 4. The number of amidine groups is 1. The molecule has 0 bridgehead atoms. The van der Waals surface area contributed by atoms with Crippen LogP contribution in [-0.4, -0.2) is 57.1 Å². The van der Waals surface area contributed by atoms with E-state index in [1.807, 2.05) is 0 Å². The molecule has 39 heavy (non-hydrogen) atoms. The van der Waals surface area contributed by atoms with Crippen molar-refractivity contribution in [1.29, 1.82) is 0 Å². The maximum atomic E-state index is 11.8. The molecule has 0 heterocycles. The molecule has 0 saturated carbocycles. The Balaban J connectivity index is 0.00000533. The third-order valence-corrected chi connectivity index (χ3v) is 5.76. The first-order valence-corrected chi connectivity index (χ1v) is 11.7. The van der Waals surface area contributed by atoms with Crippen LogP contribution in [0.15, 0.2) is 74.8 Å². The minimum Gasteiger partial charge on any atom is -0.571 e. The molecule has 0 radical (unpaired) electrons. The third-order valence-electron chi connectivity index (χ3n) is 4.93. The second-order valence-corrected chi connectivity index (χ2v) is 8.92. The number of carbonyl (C=O) groups is 3. The Morgan fingerprint density at radius 3 is 2.03 bits per heavy atom. The van der Waals surface area contributed by atoms with Gasteiger partial charge in [-0.25, -0.2) is 14.4 Å². The number of phenolic OH excluding ortho intramolecular Hbond substituents is 1. The largest absolute Gasteiger partial charge is 1.00 e. The van der Waals surface area contributed by atoms with Crippen LogP contribution in [0.3, 0.4) is 0 Å². The Bertz CT molecular complexity index is 1640. The molecule has 206 valence electrons. The van der Waals surface area contributed by atoms with E-state index in [0.29, 0.717) is 0 Å². The summed E-state index contributed by atoms with van der Waals surface area (Å²) in [5.41, 5.74) is 1.73. The maximum absolute atomic E-state index is 11.8. The van der Waals surface area contributed by atoms with Crippen LogP contribution in [0.4, 0.5) is 11.4 Å². The molecule has 0 atom stereocenters. The van der Waals surface area contributed by atoms with Gasteiger partial charge in [0.05, 0.1) is 21.6 Å². The van der Waals surface area contributed by atoms with Crippen LogP contribution in [0.5, 0.6) is 5.75 Å². The molecule has 0 aromatic heterocycles. The fourth-order valence-corrected chi connectivity index (χ4v) is 3.66. The van der Waals surface area contributed by atoms with Gasteiger partial charge in [-0.05, 0) is 42.8 Å². The van der Waals surface area contributed by atoms with Gasteiger partial charge in [-0.15, -0.1) is 10.2 Å². The summed E-state index contributed by atoms with van der Waals surface area (Å²) in [4.78, 5) is 34.1. The van der Waals surface area contributed by atoms with Crippen molar-refractivity contribution < 1.29 is 64.8 Å². The molecule has 0 aliphatic heterocycles. The second kappa shape index (κ2) is 12.3. The Morgan fingerprint density at radius 1 is 0.846 bits per heavy atom. The number of benzene rings is 3. The van der Waals surface area contributed by atoms with Crippen LogP contribution in [0.2, 0.25) is 0 Å². The normalized spacial score (nSPS) is 11.6. The van der Waals surface area contributed by atoms with Crippen LogP contribution in [0, 0.1) is 6.92 Å². The fourth-order valence-electron chi connectivity index (χ4n) is 3.08. The van der Waals surface area contributed by atoms with Gasteiger partial charge < -0.3 is 31.0 Å². The van der Waals surface area contributed by atoms with Crippen molar-refractivity contribution in [2.45, 2.75) is 11.8 Å². The first-order valence-electron chi connectivity index (χ1n) is 10.2. The van der Waals surface area contributed by atoms with E-state index >= 15 is 0 Å². The molecule has 0 unspecified atom stereocenters. The average Bonchev–Trinajstić information content (AvgIpc) is 2.85. The zero-order chi connectivity index (χ0) is 28.2. The van der Waals surface area contributed by atoms with Gasteiger partial charge in [0.1, 0.15) is 11.4 Å². The summed E-state index contributed by atoms with van der Waals surface area (Å²) in [5, 5.41) is 49.9. The van der Waals surface area contributed by atoms with Crippen molar-refractivity contribution in [1.82, 2.24) is 0 Å². The molecular formula is C23H17CuN4O10S. The van der Waals surface area contributed by atoms with E-state index in [0.717, 1.165) is 30.3 Å². The van der Waals surface area contributed by atoms with Crippen LogP contribution >= 0.6 is 0 Å². The number of carboxylic acids is 3. The van der Waals surface area contributed by atoms with Gasteiger partial charge in [-0.2, -0.15) is 8.42 Å². The van der Waals surface area contributed by atoms with E-state index in [9.17, 15) is 47.8 Å². The SMILES string of the molecule is Cc1cc(S(=O)(=O)O)cc([N-]N=C(N=Nc2cc(C(=O)O)ccc2C(=O)O)c2ccccc2C(=O)O)c1O.[Cu+]. The number of hydrogen-bond donors (Lipinski definition) is 5. The Morgan fingerprint density at radius 2 is 1.46 bits per heavy atom. The zero-order valence-corrected chi connectivity index (χ0v) is 21.2. The fraction of sp³-hybridized carbons (Fsp3) is 0.0435. The van der Waals surface area contributed by atoms with E-state index in [2.05, 4.69) is 20.8 Å². The Kier molecular flexibility index (Phi) is 9.63. The van der Waals surface area contributed by atoms with Gasteiger partial charge in [0.25, 0.3) is 10.1 Å². The number of aromatic hydroxyl groups is 1. The van der Waals surface area contributed by atoms with Gasteiger partial charge in [-0.1, -0.05) is 30.0 Å². The van der Waals surface area contributed by atoms with Crippen molar-refractivity contribution in [2.24, 2.45) is 15.3 Å². The summed E-state index contributed by atoms with van der Waals surface area (Å²) in [7, 11) is -4.69. The smallest absolute Gasteiger partial charge is 0.571 e. The standard InChI is InChI=1S/C23H18N4O10S.Cu/c1-11-8-13(38(35,36)37)10-18(19(11)28)25-27-20(14-4-2-3-5-15(14)22(31)32)26-24-17-9-12(21(29)30)6-7-16(17)23(33)34;/h2-10H,1H3,(H6,24,25,26,27,28,29,30,31,32,33,34,35,36,37);/q;+1/p-1. The molecule has 0 spiro atoms. The molecule has 14 nitrogen and oxygen atoms in total. The first-order chi connectivity index (χ1) is 17.8. The molecule has 0 fully saturated rings. The van der Waals surface area contributed by atoms with Crippen LogP contribution < -0.4 is 0 Å². The van der Waals surface area contributed by atoms with Gasteiger partial charge in [0, 0.05) is 5.56 Å². The summed E-state index contributed by atoms with van der Waals surface area (Å²) in [6, 6.07) is 10.1. The molecule has 16 heteroatoms. The second-order valence-electron chi connectivity index (χ2n) is 7.50. The van der Waals surface area contributed by atoms with E-state index in [-0.39, 0.29) is 39.3 Å². The molecule has 0 amide bonds.